The maximum Gasteiger partial charge on any atom is 0.337 e. The van der Waals surface area contributed by atoms with Crippen LogP contribution in [-0.2, 0) is 4.79 Å². The highest BCUT2D eigenvalue weighted by Gasteiger charge is 2.30. The average Bonchev–Trinajstić information content (AvgIpc) is 2.80. The van der Waals surface area contributed by atoms with E-state index in [2.05, 4.69) is 24.3 Å². The third-order valence-electron chi connectivity index (χ3n) is 3.50. The summed E-state index contributed by atoms with van der Waals surface area (Å²) in [4.78, 5) is 22.8. The molecule has 1 amide bonds. The van der Waals surface area contributed by atoms with Gasteiger partial charge in [-0.05, 0) is 32.8 Å². The van der Waals surface area contributed by atoms with Crippen LogP contribution in [0.25, 0.3) is 0 Å². The molecule has 1 unspecified atom stereocenters. The van der Waals surface area contributed by atoms with Crippen molar-refractivity contribution in [2.24, 2.45) is 0 Å². The smallest absolute Gasteiger partial charge is 0.337 e. The van der Waals surface area contributed by atoms with Crippen LogP contribution in [0.1, 0.15) is 55.8 Å². The van der Waals surface area contributed by atoms with Gasteiger partial charge >= 0.3 is 5.97 Å². The molecule has 1 heterocycles. The molecule has 1 atom stereocenters. The fraction of sp³-hybridized carbons (Fsp3) is 0.643. The van der Waals surface area contributed by atoms with Crippen LogP contribution >= 0.6 is 0 Å². The van der Waals surface area contributed by atoms with Gasteiger partial charge in [0.25, 0.3) is 5.91 Å². The monoisotopic (exact) mass is 297 g/mol. The molecule has 1 aromatic heterocycles. The lowest BCUT2D eigenvalue weighted by molar-refractivity contribution is -0.155. The van der Waals surface area contributed by atoms with E-state index >= 15 is 0 Å². The van der Waals surface area contributed by atoms with Crippen LogP contribution in [0.3, 0.4) is 0 Å². The van der Waals surface area contributed by atoms with E-state index in [1.807, 2.05) is 11.6 Å². The molecular weight excluding hydrogens is 274 g/mol. The lowest BCUT2D eigenvalue weighted by Crippen LogP contribution is -2.46. The molecule has 0 saturated heterocycles. The molecule has 0 radical (unpaired) electrons. The molecule has 0 aliphatic carbocycles. The first kappa shape index (κ1) is 17.2. The summed E-state index contributed by atoms with van der Waals surface area (Å²) in [6, 6.07) is 1.89. The van der Waals surface area contributed by atoms with Crippen molar-refractivity contribution in [3.8, 4) is 0 Å². The lowest BCUT2D eigenvalue weighted by Gasteiger charge is -2.17. The Balaban J connectivity index is 2.81. The van der Waals surface area contributed by atoms with Crippen LogP contribution in [0.5, 0.6) is 0 Å². The normalized spacial score (nSPS) is 14.0. The Labute approximate surface area is 124 Å². The van der Waals surface area contributed by atoms with Gasteiger partial charge in [-0.3, -0.25) is 9.48 Å². The van der Waals surface area contributed by atoms with Gasteiger partial charge in [0.15, 0.2) is 5.60 Å². The SMILES string of the molecule is CCC(CC)n1nc(C(=O)NCC(C)(O)C(=O)O)cc1C. The molecule has 3 N–H and O–H groups in total. The highest BCUT2D eigenvalue weighted by molar-refractivity contribution is 5.92. The van der Waals surface area contributed by atoms with Gasteiger partial charge in [-0.15, -0.1) is 0 Å². The van der Waals surface area contributed by atoms with E-state index in [-0.39, 0.29) is 18.3 Å². The third-order valence-corrected chi connectivity index (χ3v) is 3.50. The zero-order valence-corrected chi connectivity index (χ0v) is 12.9. The van der Waals surface area contributed by atoms with Crippen LogP contribution in [0.15, 0.2) is 6.07 Å². The number of nitrogens with zero attached hydrogens (tertiary/aromatic N) is 2. The molecule has 7 nitrogen and oxygen atoms in total. The highest BCUT2D eigenvalue weighted by atomic mass is 16.4. The van der Waals surface area contributed by atoms with Crippen molar-refractivity contribution in [3.05, 3.63) is 17.5 Å². The molecular formula is C14H23N3O4. The first-order valence-corrected chi connectivity index (χ1v) is 7.03. The van der Waals surface area contributed by atoms with Gasteiger partial charge < -0.3 is 15.5 Å². The second-order valence-electron chi connectivity index (χ2n) is 5.35. The summed E-state index contributed by atoms with van der Waals surface area (Å²) in [6.45, 7) is 6.73. The van der Waals surface area contributed by atoms with E-state index in [9.17, 15) is 14.7 Å². The predicted octanol–water partition coefficient (Wildman–Crippen LogP) is 1.12. The zero-order chi connectivity index (χ0) is 16.2. The van der Waals surface area contributed by atoms with E-state index in [1.165, 1.54) is 0 Å². The van der Waals surface area contributed by atoms with Gasteiger partial charge in [0.1, 0.15) is 5.69 Å². The minimum Gasteiger partial charge on any atom is -0.479 e. The molecule has 0 bridgehead atoms. The Morgan fingerprint density at radius 1 is 1.43 bits per heavy atom. The van der Waals surface area contributed by atoms with Crippen LogP contribution in [-0.4, -0.2) is 44.0 Å². The number of carboxylic acid groups (broad SMARTS) is 1. The van der Waals surface area contributed by atoms with Crippen LogP contribution in [0.4, 0.5) is 0 Å². The molecule has 0 spiro atoms. The van der Waals surface area contributed by atoms with Crippen LogP contribution in [0.2, 0.25) is 0 Å². The molecule has 0 saturated carbocycles. The van der Waals surface area contributed by atoms with E-state index < -0.39 is 17.5 Å². The highest BCUT2D eigenvalue weighted by Crippen LogP contribution is 2.18. The number of carbonyl (C=O) groups is 2. The van der Waals surface area contributed by atoms with Gasteiger partial charge in [0, 0.05) is 5.69 Å². The lowest BCUT2D eigenvalue weighted by atomic mass is 10.1. The topological polar surface area (TPSA) is 104 Å². The molecule has 1 aromatic rings. The second-order valence-corrected chi connectivity index (χ2v) is 5.35. The van der Waals surface area contributed by atoms with Crippen molar-refractivity contribution in [2.45, 2.75) is 52.2 Å². The summed E-state index contributed by atoms with van der Waals surface area (Å²) in [7, 11) is 0. The van der Waals surface area contributed by atoms with E-state index in [4.69, 9.17) is 5.11 Å². The van der Waals surface area contributed by atoms with Crippen molar-refractivity contribution < 1.29 is 19.8 Å². The van der Waals surface area contributed by atoms with E-state index in [0.29, 0.717) is 0 Å². The minimum atomic E-state index is -2.00. The number of carbonyl (C=O) groups excluding carboxylic acids is 1. The van der Waals surface area contributed by atoms with Crippen LogP contribution < -0.4 is 5.32 Å². The molecule has 7 heteroatoms. The third kappa shape index (κ3) is 4.04. The van der Waals surface area contributed by atoms with Gasteiger partial charge in [-0.25, -0.2) is 4.79 Å². The number of carboxylic acids is 1. The minimum absolute atomic E-state index is 0.223. The Hall–Kier alpha value is -1.89. The zero-order valence-electron chi connectivity index (χ0n) is 12.9. The average molecular weight is 297 g/mol. The summed E-state index contributed by atoms with van der Waals surface area (Å²) in [5.41, 5.74) is -0.901. The number of aryl methyl sites for hydroxylation is 1. The van der Waals surface area contributed by atoms with Crippen molar-refractivity contribution in [3.63, 3.8) is 0 Å². The van der Waals surface area contributed by atoms with Gasteiger partial charge in [0.05, 0.1) is 12.6 Å². The number of nitrogens with one attached hydrogen (secondary N) is 1. The molecule has 1 rings (SSSR count). The Morgan fingerprint density at radius 2 is 2.00 bits per heavy atom. The fourth-order valence-corrected chi connectivity index (χ4v) is 2.02. The van der Waals surface area contributed by atoms with E-state index in [0.717, 1.165) is 25.5 Å². The van der Waals surface area contributed by atoms with Crippen molar-refractivity contribution >= 4 is 11.9 Å². The number of rotatable bonds is 7. The Kier molecular flexibility index (Phi) is 5.48. The molecule has 0 aromatic carbocycles. The van der Waals surface area contributed by atoms with Crippen molar-refractivity contribution in [2.75, 3.05) is 6.54 Å². The molecule has 118 valence electrons. The fourth-order valence-electron chi connectivity index (χ4n) is 2.02. The first-order valence-electron chi connectivity index (χ1n) is 7.03. The van der Waals surface area contributed by atoms with Crippen molar-refractivity contribution in [1.29, 1.82) is 0 Å². The van der Waals surface area contributed by atoms with Gasteiger partial charge in [-0.1, -0.05) is 13.8 Å². The largest absolute Gasteiger partial charge is 0.479 e. The van der Waals surface area contributed by atoms with Crippen LogP contribution in [0, 0.1) is 6.92 Å². The second kappa shape index (κ2) is 6.71. The number of amides is 1. The molecule has 0 aliphatic rings. The predicted molar refractivity (Wildman–Crippen MR) is 77.2 cm³/mol. The Morgan fingerprint density at radius 3 is 2.48 bits per heavy atom. The summed E-state index contributed by atoms with van der Waals surface area (Å²) >= 11 is 0. The Bertz CT molecular complexity index is 518. The number of aromatic nitrogens is 2. The molecule has 0 fully saturated rings. The first-order chi connectivity index (χ1) is 9.72. The summed E-state index contributed by atoms with van der Waals surface area (Å²) in [6.07, 6.45) is 1.82. The maximum atomic E-state index is 12.0. The standard InChI is InChI=1S/C14H23N3O4/c1-5-10(6-2)17-9(3)7-11(16-17)12(18)15-8-14(4,21)13(19)20/h7,10,21H,5-6,8H2,1-4H3,(H,15,18)(H,19,20). The summed E-state index contributed by atoms with van der Waals surface area (Å²) in [5.74, 6) is -1.88. The molecule has 0 aliphatic heterocycles. The molecule has 21 heavy (non-hydrogen) atoms. The number of aliphatic carboxylic acids is 1. The van der Waals surface area contributed by atoms with Gasteiger partial charge in [0.2, 0.25) is 0 Å². The quantitative estimate of drug-likeness (QED) is 0.699. The van der Waals surface area contributed by atoms with E-state index in [1.54, 1.807) is 6.07 Å². The number of hydrogen-bond acceptors (Lipinski definition) is 4. The summed E-state index contributed by atoms with van der Waals surface area (Å²) < 4.78 is 1.81. The summed E-state index contributed by atoms with van der Waals surface area (Å²) in [5, 5.41) is 25.0. The van der Waals surface area contributed by atoms with Gasteiger partial charge in [-0.2, -0.15) is 5.10 Å². The number of hydrogen-bond donors (Lipinski definition) is 3. The maximum absolute atomic E-state index is 12.0. The number of aliphatic hydroxyl groups is 1. The van der Waals surface area contributed by atoms with Crippen molar-refractivity contribution in [1.82, 2.24) is 15.1 Å².